The fourth-order valence-corrected chi connectivity index (χ4v) is 1.93. The molecule has 1 saturated carbocycles. The van der Waals surface area contributed by atoms with Crippen molar-refractivity contribution in [3.05, 3.63) is 0 Å². The molecule has 0 radical (unpaired) electrons. The number of hydrogen-bond acceptors (Lipinski definition) is 3. The monoisotopic (exact) mass is 198 g/mol. The average Bonchev–Trinajstić information content (AvgIpc) is 2.15. The van der Waals surface area contributed by atoms with Gasteiger partial charge < -0.3 is 14.4 Å². The summed E-state index contributed by atoms with van der Waals surface area (Å²) >= 11 is 0. The molecule has 14 heavy (non-hydrogen) atoms. The summed E-state index contributed by atoms with van der Waals surface area (Å²) in [7, 11) is -0.122. The van der Waals surface area contributed by atoms with E-state index in [0.29, 0.717) is 5.82 Å². The maximum absolute atomic E-state index is 9.23. The first-order valence-corrected chi connectivity index (χ1v) is 5.35. The van der Waals surface area contributed by atoms with E-state index in [0.717, 1.165) is 12.8 Å². The van der Waals surface area contributed by atoms with Crippen LogP contribution in [0, 0.1) is 0 Å². The molecule has 3 nitrogen and oxygen atoms in total. The van der Waals surface area contributed by atoms with Crippen LogP contribution in [0.25, 0.3) is 0 Å². The minimum atomic E-state index is -0.238. The highest BCUT2D eigenvalue weighted by molar-refractivity contribution is 6.47. The largest absolute Gasteiger partial charge is 0.461 e. The first-order chi connectivity index (χ1) is 6.32. The first kappa shape index (κ1) is 10.5. The zero-order valence-corrected chi connectivity index (χ0v) is 9.41. The zero-order valence-electron chi connectivity index (χ0n) is 9.41. The Kier molecular flexibility index (Phi) is 2.22. The van der Waals surface area contributed by atoms with E-state index < -0.39 is 0 Å². The highest BCUT2D eigenvalue weighted by atomic mass is 16.7. The van der Waals surface area contributed by atoms with Crippen molar-refractivity contribution in [3.8, 4) is 0 Å². The van der Waals surface area contributed by atoms with Gasteiger partial charge in [-0.3, -0.25) is 0 Å². The average molecular weight is 198 g/mol. The van der Waals surface area contributed by atoms with Crippen LogP contribution in [-0.2, 0) is 9.31 Å². The summed E-state index contributed by atoms with van der Waals surface area (Å²) in [6.45, 7) is 8.23. The van der Waals surface area contributed by atoms with E-state index in [1.165, 1.54) is 0 Å². The smallest absolute Gasteiger partial charge is 0.403 e. The van der Waals surface area contributed by atoms with Crippen molar-refractivity contribution < 1.29 is 14.4 Å². The highest BCUT2D eigenvalue weighted by Gasteiger charge is 2.55. The maximum atomic E-state index is 9.23. The minimum Gasteiger partial charge on any atom is -0.403 e. The van der Waals surface area contributed by atoms with Crippen LogP contribution < -0.4 is 0 Å². The first-order valence-electron chi connectivity index (χ1n) is 5.35. The number of rotatable bonds is 1. The lowest BCUT2D eigenvalue weighted by atomic mass is 9.59. The third-order valence-electron chi connectivity index (χ3n) is 3.81. The molecule has 4 heteroatoms. The summed E-state index contributed by atoms with van der Waals surface area (Å²) < 4.78 is 11.8. The van der Waals surface area contributed by atoms with Gasteiger partial charge in [0.05, 0.1) is 17.3 Å². The molecule has 0 bridgehead atoms. The van der Waals surface area contributed by atoms with Crippen molar-refractivity contribution in [3.63, 3.8) is 0 Å². The Labute approximate surface area is 85.9 Å². The van der Waals surface area contributed by atoms with Gasteiger partial charge >= 0.3 is 7.12 Å². The van der Waals surface area contributed by atoms with Gasteiger partial charge in [-0.1, -0.05) is 0 Å². The van der Waals surface area contributed by atoms with Gasteiger partial charge in [0, 0.05) is 0 Å². The summed E-state index contributed by atoms with van der Waals surface area (Å²) in [4.78, 5) is 0. The molecule has 1 heterocycles. The van der Waals surface area contributed by atoms with Crippen molar-refractivity contribution in [1.29, 1.82) is 0 Å². The molecule has 0 amide bonds. The Hall–Kier alpha value is -0.0551. The van der Waals surface area contributed by atoms with E-state index in [2.05, 4.69) is 27.7 Å². The van der Waals surface area contributed by atoms with Crippen molar-refractivity contribution in [2.75, 3.05) is 0 Å². The molecule has 0 aromatic carbocycles. The van der Waals surface area contributed by atoms with Crippen LogP contribution >= 0.6 is 0 Å². The molecule has 80 valence electrons. The quantitative estimate of drug-likeness (QED) is 0.650. The van der Waals surface area contributed by atoms with Crippen molar-refractivity contribution in [1.82, 2.24) is 0 Å². The molecule has 2 fully saturated rings. The Morgan fingerprint density at radius 2 is 1.50 bits per heavy atom. The number of aliphatic hydroxyl groups is 1. The molecule has 0 unspecified atom stereocenters. The highest BCUT2D eigenvalue weighted by Crippen LogP contribution is 2.45. The van der Waals surface area contributed by atoms with Crippen LogP contribution in [0.2, 0.25) is 5.82 Å². The molecule has 1 aliphatic heterocycles. The molecule has 2 aliphatic rings. The van der Waals surface area contributed by atoms with Gasteiger partial charge in [-0.15, -0.1) is 0 Å². The second-order valence-electron chi connectivity index (χ2n) is 5.51. The van der Waals surface area contributed by atoms with E-state index in [1.807, 2.05) is 0 Å². The number of hydrogen-bond donors (Lipinski definition) is 1. The lowest BCUT2D eigenvalue weighted by Gasteiger charge is -2.32. The SMILES string of the molecule is CC1(C)OB(C2CC(O)C2)OC1(C)C. The molecule has 1 aliphatic carbocycles. The zero-order chi connectivity index (χ0) is 10.6. The van der Waals surface area contributed by atoms with E-state index >= 15 is 0 Å². The van der Waals surface area contributed by atoms with Gasteiger partial charge in [-0.05, 0) is 46.4 Å². The molecule has 0 aromatic rings. The maximum Gasteiger partial charge on any atom is 0.461 e. The third kappa shape index (κ3) is 1.49. The van der Waals surface area contributed by atoms with Crippen molar-refractivity contribution in [2.45, 2.75) is 63.7 Å². The van der Waals surface area contributed by atoms with Crippen LogP contribution in [-0.4, -0.2) is 29.5 Å². The van der Waals surface area contributed by atoms with Crippen LogP contribution in [0.4, 0.5) is 0 Å². The standard InChI is InChI=1S/C10H19BO3/c1-9(2)10(3,4)14-11(13-9)7-5-8(12)6-7/h7-8,12H,5-6H2,1-4H3. The van der Waals surface area contributed by atoms with Gasteiger partial charge in [-0.25, -0.2) is 0 Å². The fourth-order valence-electron chi connectivity index (χ4n) is 1.93. The molecule has 0 atom stereocenters. The Morgan fingerprint density at radius 3 is 1.86 bits per heavy atom. The summed E-state index contributed by atoms with van der Waals surface area (Å²) in [5, 5.41) is 9.23. The van der Waals surface area contributed by atoms with E-state index in [4.69, 9.17) is 9.31 Å². The van der Waals surface area contributed by atoms with Crippen LogP contribution in [0.15, 0.2) is 0 Å². The lowest BCUT2D eigenvalue weighted by molar-refractivity contribution is 0.00578. The van der Waals surface area contributed by atoms with Gasteiger partial charge in [-0.2, -0.15) is 0 Å². The fraction of sp³-hybridized carbons (Fsp3) is 1.00. The summed E-state index contributed by atoms with van der Waals surface area (Å²) in [5.41, 5.74) is -0.476. The second-order valence-corrected chi connectivity index (χ2v) is 5.51. The summed E-state index contributed by atoms with van der Waals surface area (Å²) in [5.74, 6) is 0.381. The van der Waals surface area contributed by atoms with Crippen molar-refractivity contribution in [2.24, 2.45) is 0 Å². The topological polar surface area (TPSA) is 38.7 Å². The van der Waals surface area contributed by atoms with Gasteiger partial charge in [0.25, 0.3) is 0 Å². The molecular weight excluding hydrogens is 179 g/mol. The predicted molar refractivity (Wildman–Crippen MR) is 55.1 cm³/mol. The molecule has 0 aromatic heterocycles. The third-order valence-corrected chi connectivity index (χ3v) is 3.81. The van der Waals surface area contributed by atoms with E-state index in [9.17, 15) is 5.11 Å². The molecule has 1 N–H and O–H groups in total. The normalized spacial score (nSPS) is 39.6. The van der Waals surface area contributed by atoms with Gasteiger partial charge in [0.15, 0.2) is 0 Å². The van der Waals surface area contributed by atoms with Gasteiger partial charge in [0.1, 0.15) is 0 Å². The minimum absolute atomic E-state index is 0.122. The van der Waals surface area contributed by atoms with Crippen LogP contribution in [0.3, 0.4) is 0 Å². The summed E-state index contributed by atoms with van der Waals surface area (Å²) in [6.07, 6.45) is 1.49. The second kappa shape index (κ2) is 2.97. The Bertz CT molecular complexity index is 218. The van der Waals surface area contributed by atoms with E-state index in [1.54, 1.807) is 0 Å². The van der Waals surface area contributed by atoms with Gasteiger partial charge in [0.2, 0.25) is 0 Å². The van der Waals surface area contributed by atoms with Crippen LogP contribution in [0.1, 0.15) is 40.5 Å². The van der Waals surface area contributed by atoms with E-state index in [-0.39, 0.29) is 24.4 Å². The summed E-state index contributed by atoms with van der Waals surface area (Å²) in [6, 6.07) is 0. The number of aliphatic hydroxyl groups excluding tert-OH is 1. The molecule has 0 spiro atoms. The Balaban J connectivity index is 2.00. The molecule has 1 saturated heterocycles. The molecular formula is C10H19BO3. The predicted octanol–water partition coefficient (Wildman–Crippen LogP) is 1.60. The lowest BCUT2D eigenvalue weighted by Crippen LogP contribution is -2.41. The molecule has 2 rings (SSSR count). The Morgan fingerprint density at radius 1 is 1.07 bits per heavy atom. The van der Waals surface area contributed by atoms with Crippen LogP contribution in [0.5, 0.6) is 0 Å². The van der Waals surface area contributed by atoms with Crippen molar-refractivity contribution >= 4 is 7.12 Å².